The quantitative estimate of drug-likeness (QED) is 0.779. The molecule has 3 saturated heterocycles. The van der Waals surface area contributed by atoms with Crippen LogP contribution in [0.5, 0.6) is 0 Å². The van der Waals surface area contributed by atoms with Gasteiger partial charge in [-0.3, -0.25) is 9.59 Å². The van der Waals surface area contributed by atoms with Crippen LogP contribution in [0.2, 0.25) is 0 Å². The SMILES string of the molecule is C[C@@H]1CN2C(=O)[C@H]3CC=C(CCC4OCCO4)C=C4C(=O)C1CC2[C@]43C. The van der Waals surface area contributed by atoms with Gasteiger partial charge in [-0.1, -0.05) is 31.6 Å². The van der Waals surface area contributed by atoms with Crippen molar-refractivity contribution in [3.8, 4) is 0 Å². The van der Waals surface area contributed by atoms with Gasteiger partial charge in [-0.05, 0) is 25.2 Å². The molecule has 5 nitrogen and oxygen atoms in total. The number of piperidine rings is 1. The first-order valence-electron chi connectivity index (χ1n) is 9.99. The van der Waals surface area contributed by atoms with Gasteiger partial charge in [0.25, 0.3) is 0 Å². The second-order valence-electron chi connectivity index (χ2n) is 8.81. The van der Waals surface area contributed by atoms with Gasteiger partial charge in [0.05, 0.1) is 19.1 Å². The zero-order chi connectivity index (χ0) is 18.1. The van der Waals surface area contributed by atoms with E-state index in [1.54, 1.807) is 0 Å². The van der Waals surface area contributed by atoms with Crippen LogP contribution in [0.3, 0.4) is 0 Å². The molecule has 5 rings (SSSR count). The molecule has 0 aromatic carbocycles. The lowest BCUT2D eigenvalue weighted by Gasteiger charge is -2.50. The highest BCUT2D eigenvalue weighted by Gasteiger charge is 2.65. The second-order valence-corrected chi connectivity index (χ2v) is 8.81. The molecule has 5 aliphatic rings. The van der Waals surface area contributed by atoms with Gasteiger partial charge in [0.15, 0.2) is 12.1 Å². The summed E-state index contributed by atoms with van der Waals surface area (Å²) in [6.07, 6.45) is 7.37. The lowest BCUT2D eigenvalue weighted by atomic mass is 9.57. The Morgan fingerprint density at radius 3 is 2.81 bits per heavy atom. The van der Waals surface area contributed by atoms with Gasteiger partial charge in [0.2, 0.25) is 5.91 Å². The van der Waals surface area contributed by atoms with Crippen LogP contribution in [-0.2, 0) is 19.1 Å². The summed E-state index contributed by atoms with van der Waals surface area (Å²) in [5.41, 5.74) is 1.74. The largest absolute Gasteiger partial charge is 0.350 e. The van der Waals surface area contributed by atoms with E-state index in [4.69, 9.17) is 9.47 Å². The summed E-state index contributed by atoms with van der Waals surface area (Å²) in [6.45, 7) is 6.35. The van der Waals surface area contributed by atoms with Gasteiger partial charge in [0.1, 0.15) is 0 Å². The Hall–Kier alpha value is -1.46. The van der Waals surface area contributed by atoms with Crippen molar-refractivity contribution in [1.82, 2.24) is 4.90 Å². The fourth-order valence-electron chi connectivity index (χ4n) is 5.98. The van der Waals surface area contributed by atoms with E-state index in [0.29, 0.717) is 13.2 Å². The molecular weight excluding hydrogens is 330 g/mol. The maximum atomic E-state index is 13.3. The van der Waals surface area contributed by atoms with Crippen LogP contribution in [0.4, 0.5) is 0 Å². The van der Waals surface area contributed by atoms with E-state index in [-0.39, 0.29) is 47.2 Å². The predicted molar refractivity (Wildman–Crippen MR) is 95.1 cm³/mol. The van der Waals surface area contributed by atoms with Gasteiger partial charge in [0, 0.05) is 35.9 Å². The lowest BCUT2D eigenvalue weighted by molar-refractivity contribution is -0.137. The molecule has 3 heterocycles. The summed E-state index contributed by atoms with van der Waals surface area (Å²) in [5.74, 6) is 0.773. The number of hydrogen-bond donors (Lipinski definition) is 0. The van der Waals surface area contributed by atoms with Crippen LogP contribution in [0.15, 0.2) is 23.3 Å². The monoisotopic (exact) mass is 357 g/mol. The molecule has 2 bridgehead atoms. The van der Waals surface area contributed by atoms with Crippen LogP contribution in [-0.4, -0.2) is 48.7 Å². The lowest BCUT2D eigenvalue weighted by Crippen LogP contribution is -2.56. The van der Waals surface area contributed by atoms with Gasteiger partial charge in [-0.25, -0.2) is 0 Å². The number of nitrogens with zero attached hydrogens (tertiary/aromatic N) is 1. The minimum absolute atomic E-state index is 0.0722. The number of ketones is 1. The van der Waals surface area contributed by atoms with Crippen molar-refractivity contribution in [1.29, 1.82) is 0 Å². The van der Waals surface area contributed by atoms with Crippen LogP contribution in [0.1, 0.15) is 39.5 Å². The van der Waals surface area contributed by atoms with Gasteiger partial charge >= 0.3 is 0 Å². The molecule has 0 aromatic rings. The molecule has 1 saturated carbocycles. The molecule has 0 radical (unpaired) electrons. The number of Topliss-reactive ketones (excluding diaryl/α,β-unsaturated/α-hetero) is 1. The van der Waals surface area contributed by atoms with Crippen molar-refractivity contribution in [2.45, 2.75) is 51.9 Å². The van der Waals surface area contributed by atoms with E-state index < -0.39 is 0 Å². The average molecular weight is 357 g/mol. The first-order valence-corrected chi connectivity index (χ1v) is 9.99. The number of carbonyl (C=O) groups excluding carboxylic acids is 2. The number of fused-ring (bicyclic) bond motifs is 1. The Bertz CT molecular complexity index is 720. The zero-order valence-electron chi connectivity index (χ0n) is 15.6. The third kappa shape index (κ3) is 2.16. The highest BCUT2D eigenvalue weighted by molar-refractivity contribution is 6.03. The molecule has 2 unspecified atom stereocenters. The Kier molecular flexibility index (Phi) is 3.70. The summed E-state index contributed by atoms with van der Waals surface area (Å²) in [4.78, 5) is 28.6. The molecule has 2 aliphatic carbocycles. The standard InChI is InChI=1S/C21H27NO4/c1-12-11-22-17-10-14(12)19(23)16-9-13(4-6-18-25-7-8-26-18)3-5-15(20(22)24)21(16,17)2/h3,9,12,14-15,17-18H,4-8,10-11H2,1-2H3/t12-,14?,15-,17?,21+/m1/s1. The third-order valence-corrected chi connectivity index (χ3v) is 7.51. The highest BCUT2D eigenvalue weighted by Crippen LogP contribution is 2.59. The minimum atomic E-state index is -0.330. The van der Waals surface area contributed by atoms with E-state index in [1.807, 2.05) is 0 Å². The van der Waals surface area contributed by atoms with Gasteiger partial charge in [-0.2, -0.15) is 0 Å². The summed E-state index contributed by atoms with van der Waals surface area (Å²) in [6, 6.07) is 0.194. The zero-order valence-corrected chi connectivity index (χ0v) is 15.6. The van der Waals surface area contributed by atoms with Crippen molar-refractivity contribution < 1.29 is 19.1 Å². The van der Waals surface area contributed by atoms with Crippen molar-refractivity contribution in [3.05, 3.63) is 23.3 Å². The molecule has 3 aliphatic heterocycles. The topological polar surface area (TPSA) is 55.8 Å². The first-order chi connectivity index (χ1) is 12.5. The summed E-state index contributed by atoms with van der Waals surface area (Å²) in [5, 5.41) is 0. The molecule has 26 heavy (non-hydrogen) atoms. The Labute approximate surface area is 154 Å². The smallest absolute Gasteiger partial charge is 0.227 e. The minimum Gasteiger partial charge on any atom is -0.350 e. The third-order valence-electron chi connectivity index (χ3n) is 7.51. The van der Waals surface area contributed by atoms with Gasteiger partial charge in [-0.15, -0.1) is 0 Å². The van der Waals surface area contributed by atoms with Crippen LogP contribution in [0.25, 0.3) is 0 Å². The Morgan fingerprint density at radius 2 is 2.04 bits per heavy atom. The maximum absolute atomic E-state index is 13.3. The van der Waals surface area contributed by atoms with E-state index >= 15 is 0 Å². The van der Waals surface area contributed by atoms with E-state index in [1.165, 1.54) is 0 Å². The van der Waals surface area contributed by atoms with Crippen molar-refractivity contribution in [3.63, 3.8) is 0 Å². The molecular formula is C21H27NO4. The first kappa shape index (κ1) is 16.7. The Morgan fingerprint density at radius 1 is 1.27 bits per heavy atom. The van der Waals surface area contributed by atoms with E-state index in [9.17, 15) is 9.59 Å². The molecule has 0 N–H and O–H groups in total. The second kappa shape index (κ2) is 5.77. The molecule has 5 heteroatoms. The molecule has 0 aromatic heterocycles. The fraction of sp³-hybridized carbons (Fsp3) is 0.714. The highest BCUT2D eigenvalue weighted by atomic mass is 16.7. The molecule has 5 atom stereocenters. The number of carbonyl (C=O) groups is 2. The Balaban J connectivity index is 1.50. The van der Waals surface area contributed by atoms with E-state index in [0.717, 1.165) is 43.4 Å². The number of rotatable bonds is 3. The molecule has 0 spiro atoms. The van der Waals surface area contributed by atoms with E-state index in [2.05, 4.69) is 30.9 Å². The molecule has 1 amide bonds. The number of ether oxygens (including phenoxy) is 2. The maximum Gasteiger partial charge on any atom is 0.227 e. The van der Waals surface area contributed by atoms with Crippen LogP contribution in [0, 0.1) is 23.2 Å². The summed E-state index contributed by atoms with van der Waals surface area (Å²) >= 11 is 0. The number of amides is 1. The predicted octanol–water partition coefficient (Wildman–Crippen LogP) is 2.47. The normalized spacial score (nSPS) is 42.0. The average Bonchev–Trinajstić information content (AvgIpc) is 3.16. The van der Waals surface area contributed by atoms with Crippen molar-refractivity contribution in [2.24, 2.45) is 23.2 Å². The summed E-state index contributed by atoms with van der Waals surface area (Å²) in [7, 11) is 0. The van der Waals surface area contributed by atoms with Crippen molar-refractivity contribution in [2.75, 3.05) is 19.8 Å². The van der Waals surface area contributed by atoms with Crippen molar-refractivity contribution >= 4 is 11.7 Å². The summed E-state index contributed by atoms with van der Waals surface area (Å²) < 4.78 is 11.1. The fourth-order valence-corrected chi connectivity index (χ4v) is 5.98. The molecule has 4 fully saturated rings. The number of hydrogen-bond acceptors (Lipinski definition) is 4. The molecule has 140 valence electrons. The van der Waals surface area contributed by atoms with Gasteiger partial charge < -0.3 is 14.4 Å². The number of allylic oxidation sites excluding steroid dienone is 3. The van der Waals surface area contributed by atoms with Crippen LogP contribution < -0.4 is 0 Å². The van der Waals surface area contributed by atoms with Crippen LogP contribution >= 0.6 is 0 Å².